The van der Waals surface area contributed by atoms with Crippen molar-refractivity contribution in [3.8, 4) is 11.6 Å². The first kappa shape index (κ1) is 18.5. The first-order valence-electron chi connectivity index (χ1n) is 9.02. The number of rotatable bonds is 5. The Labute approximate surface area is 164 Å². The van der Waals surface area contributed by atoms with E-state index in [1.165, 1.54) is 29.8 Å². The lowest BCUT2D eigenvalue weighted by atomic mass is 10.1. The van der Waals surface area contributed by atoms with E-state index in [1.54, 1.807) is 31.2 Å². The molecule has 0 unspecified atom stereocenters. The van der Waals surface area contributed by atoms with E-state index in [2.05, 4.69) is 15.4 Å². The standard InChI is InChI=1S/C21H17FN4O3/c1-3-26-21(28)19(23-14-8-6-7-13(22)11-14)17(12(2)27)18(25-26)20-24-15-9-4-5-10-16(15)29-20/h4-11,23H,3H2,1-2H3. The Bertz CT molecular complexity index is 1260. The average Bonchev–Trinajstić information content (AvgIpc) is 3.13. The molecule has 1 N–H and O–H groups in total. The molecule has 2 heterocycles. The van der Waals surface area contributed by atoms with Gasteiger partial charge in [-0.2, -0.15) is 5.10 Å². The maximum absolute atomic E-state index is 13.6. The monoisotopic (exact) mass is 392 g/mol. The summed E-state index contributed by atoms with van der Waals surface area (Å²) in [5, 5.41) is 7.19. The fraction of sp³-hybridized carbons (Fsp3) is 0.143. The number of ketones is 1. The molecule has 0 aliphatic heterocycles. The second-order valence-corrected chi connectivity index (χ2v) is 6.40. The Morgan fingerprint density at radius 3 is 2.69 bits per heavy atom. The van der Waals surface area contributed by atoms with Gasteiger partial charge in [0.05, 0.1) is 5.56 Å². The summed E-state index contributed by atoms with van der Waals surface area (Å²) in [5.74, 6) is -0.738. The number of para-hydroxylation sites is 2. The van der Waals surface area contributed by atoms with E-state index in [0.717, 1.165) is 0 Å². The largest absolute Gasteiger partial charge is 0.435 e. The molecule has 2 aromatic carbocycles. The number of benzene rings is 2. The zero-order valence-electron chi connectivity index (χ0n) is 15.8. The van der Waals surface area contributed by atoms with Gasteiger partial charge in [-0.1, -0.05) is 18.2 Å². The van der Waals surface area contributed by atoms with Crippen molar-refractivity contribution in [2.45, 2.75) is 20.4 Å². The van der Waals surface area contributed by atoms with Crippen LogP contribution in [0.15, 0.2) is 57.7 Å². The SMILES string of the molecule is CCn1nc(-c2nc3ccccc3o2)c(C(C)=O)c(Nc2cccc(F)c2)c1=O. The summed E-state index contributed by atoms with van der Waals surface area (Å²) in [6.45, 7) is 3.35. The van der Waals surface area contributed by atoms with E-state index in [1.807, 2.05) is 6.07 Å². The van der Waals surface area contributed by atoms with Crippen molar-refractivity contribution in [2.75, 3.05) is 5.32 Å². The number of aromatic nitrogens is 3. The Kier molecular flexibility index (Phi) is 4.67. The molecule has 2 aromatic heterocycles. The van der Waals surface area contributed by atoms with E-state index >= 15 is 0 Å². The van der Waals surface area contributed by atoms with Gasteiger partial charge in [0.1, 0.15) is 17.0 Å². The van der Waals surface area contributed by atoms with Crippen molar-refractivity contribution >= 4 is 28.3 Å². The van der Waals surface area contributed by atoms with Gasteiger partial charge in [0.15, 0.2) is 17.1 Å². The topological polar surface area (TPSA) is 90.0 Å². The van der Waals surface area contributed by atoms with Gasteiger partial charge in [-0.3, -0.25) is 9.59 Å². The summed E-state index contributed by atoms with van der Waals surface area (Å²) >= 11 is 0. The number of carbonyl (C=O) groups excluding carboxylic acids is 1. The smallest absolute Gasteiger partial charge is 0.291 e. The van der Waals surface area contributed by atoms with E-state index in [0.29, 0.717) is 16.8 Å². The molecule has 0 aliphatic carbocycles. The molecule has 146 valence electrons. The van der Waals surface area contributed by atoms with Gasteiger partial charge in [-0.15, -0.1) is 0 Å². The van der Waals surface area contributed by atoms with Crippen molar-refractivity contribution in [1.29, 1.82) is 0 Å². The third-order valence-corrected chi connectivity index (χ3v) is 4.40. The number of hydrogen-bond donors (Lipinski definition) is 1. The van der Waals surface area contributed by atoms with Gasteiger partial charge in [-0.05, 0) is 44.2 Å². The van der Waals surface area contributed by atoms with Gasteiger partial charge < -0.3 is 9.73 Å². The van der Waals surface area contributed by atoms with Crippen molar-refractivity contribution in [1.82, 2.24) is 14.8 Å². The number of fused-ring (bicyclic) bond motifs is 1. The minimum Gasteiger partial charge on any atom is -0.435 e. The fourth-order valence-electron chi connectivity index (χ4n) is 3.08. The van der Waals surface area contributed by atoms with E-state index < -0.39 is 17.2 Å². The molecule has 4 rings (SSSR count). The van der Waals surface area contributed by atoms with Gasteiger partial charge >= 0.3 is 0 Å². The maximum Gasteiger partial charge on any atom is 0.291 e. The number of oxazole rings is 1. The summed E-state index contributed by atoms with van der Waals surface area (Å²) in [6.07, 6.45) is 0. The second kappa shape index (κ2) is 7.31. The van der Waals surface area contributed by atoms with Crippen LogP contribution in [0.3, 0.4) is 0 Å². The van der Waals surface area contributed by atoms with Gasteiger partial charge in [-0.25, -0.2) is 14.1 Å². The van der Waals surface area contributed by atoms with Gasteiger partial charge in [0.25, 0.3) is 5.56 Å². The van der Waals surface area contributed by atoms with E-state index in [9.17, 15) is 14.0 Å². The fourth-order valence-corrected chi connectivity index (χ4v) is 3.08. The van der Waals surface area contributed by atoms with Gasteiger partial charge in [0.2, 0.25) is 5.89 Å². The van der Waals surface area contributed by atoms with Crippen LogP contribution < -0.4 is 10.9 Å². The molecular formula is C21H17FN4O3. The first-order chi connectivity index (χ1) is 14.0. The molecular weight excluding hydrogens is 375 g/mol. The normalized spacial score (nSPS) is 11.0. The van der Waals surface area contributed by atoms with E-state index in [4.69, 9.17) is 4.42 Å². The van der Waals surface area contributed by atoms with Crippen LogP contribution in [0.2, 0.25) is 0 Å². The van der Waals surface area contributed by atoms with Crippen LogP contribution in [-0.2, 0) is 6.54 Å². The highest BCUT2D eigenvalue weighted by atomic mass is 19.1. The summed E-state index contributed by atoms with van der Waals surface area (Å²) in [4.78, 5) is 29.8. The van der Waals surface area contributed by atoms with Crippen LogP contribution in [0.1, 0.15) is 24.2 Å². The average molecular weight is 392 g/mol. The maximum atomic E-state index is 13.6. The number of nitrogens with zero attached hydrogens (tertiary/aromatic N) is 3. The Balaban J connectivity index is 1.98. The highest BCUT2D eigenvalue weighted by Gasteiger charge is 2.25. The molecule has 7 nitrogen and oxygen atoms in total. The molecule has 0 amide bonds. The lowest BCUT2D eigenvalue weighted by Crippen LogP contribution is -2.28. The number of Topliss-reactive ketones (excluding diaryl/α,β-unsaturated/α-hetero) is 1. The second-order valence-electron chi connectivity index (χ2n) is 6.40. The predicted molar refractivity (Wildman–Crippen MR) is 107 cm³/mol. The van der Waals surface area contributed by atoms with Crippen molar-refractivity contribution in [3.63, 3.8) is 0 Å². The number of anilines is 2. The Morgan fingerprint density at radius 1 is 1.21 bits per heavy atom. The molecule has 0 radical (unpaired) electrons. The summed E-state index contributed by atoms with van der Waals surface area (Å²) < 4.78 is 20.6. The number of halogens is 1. The molecule has 0 spiro atoms. The molecule has 29 heavy (non-hydrogen) atoms. The number of nitrogens with one attached hydrogen (secondary N) is 1. The molecule has 0 saturated carbocycles. The highest BCUT2D eigenvalue weighted by molar-refractivity contribution is 6.04. The minimum absolute atomic E-state index is 0.00259. The van der Waals surface area contributed by atoms with Crippen molar-refractivity contribution < 1.29 is 13.6 Å². The van der Waals surface area contributed by atoms with Crippen LogP contribution in [0.5, 0.6) is 0 Å². The lowest BCUT2D eigenvalue weighted by molar-refractivity contribution is 0.101. The van der Waals surface area contributed by atoms with Crippen molar-refractivity contribution in [3.05, 3.63) is 70.3 Å². The summed E-state index contributed by atoms with van der Waals surface area (Å²) in [5.41, 5.74) is 1.16. The number of aryl methyl sites for hydroxylation is 1. The number of carbonyl (C=O) groups is 1. The van der Waals surface area contributed by atoms with Crippen molar-refractivity contribution in [2.24, 2.45) is 0 Å². The molecule has 0 aliphatic rings. The lowest BCUT2D eigenvalue weighted by Gasteiger charge is -2.14. The molecule has 0 fully saturated rings. The molecule has 0 bridgehead atoms. The predicted octanol–water partition coefficient (Wildman–Crippen LogP) is 4.16. The molecule has 4 aromatic rings. The van der Waals surface area contributed by atoms with Crippen LogP contribution in [0.4, 0.5) is 15.8 Å². The third-order valence-electron chi connectivity index (χ3n) is 4.40. The minimum atomic E-state index is -0.498. The first-order valence-corrected chi connectivity index (χ1v) is 9.02. The molecule has 8 heteroatoms. The quantitative estimate of drug-likeness (QED) is 0.513. The van der Waals surface area contributed by atoms with Gasteiger partial charge in [0, 0.05) is 12.2 Å². The Morgan fingerprint density at radius 2 is 2.00 bits per heavy atom. The van der Waals surface area contributed by atoms with Crippen LogP contribution in [0.25, 0.3) is 22.7 Å². The molecule has 0 saturated heterocycles. The molecule has 0 atom stereocenters. The van der Waals surface area contributed by atoms with E-state index in [-0.39, 0.29) is 29.4 Å². The van der Waals surface area contributed by atoms with Crippen LogP contribution in [0, 0.1) is 5.82 Å². The van der Waals surface area contributed by atoms with Crippen LogP contribution in [-0.4, -0.2) is 20.5 Å². The summed E-state index contributed by atoms with van der Waals surface area (Å²) in [6, 6.07) is 12.8. The Hall–Kier alpha value is -3.81. The van der Waals surface area contributed by atoms with Crippen LogP contribution >= 0.6 is 0 Å². The third kappa shape index (κ3) is 3.40. The number of hydrogen-bond acceptors (Lipinski definition) is 6. The summed E-state index contributed by atoms with van der Waals surface area (Å²) in [7, 11) is 0. The zero-order valence-corrected chi connectivity index (χ0v) is 15.8. The zero-order chi connectivity index (χ0) is 20.5. The highest BCUT2D eigenvalue weighted by Crippen LogP contribution is 2.29.